The summed E-state index contributed by atoms with van der Waals surface area (Å²) < 4.78 is 28.5. The molecule has 0 aromatic heterocycles. The lowest BCUT2D eigenvalue weighted by atomic mass is 10.0. The Labute approximate surface area is 220 Å². The van der Waals surface area contributed by atoms with Gasteiger partial charge in [0.15, 0.2) is 5.75 Å². The molecule has 0 spiro atoms. The lowest BCUT2D eigenvalue weighted by Crippen LogP contribution is -2.51. The summed E-state index contributed by atoms with van der Waals surface area (Å²) in [6.45, 7) is 4.18. The van der Waals surface area contributed by atoms with E-state index in [0.29, 0.717) is 26.1 Å². The zero-order valence-corrected chi connectivity index (χ0v) is 22.0. The summed E-state index contributed by atoms with van der Waals surface area (Å²) in [5, 5.41) is 16.8. The Morgan fingerprint density at radius 1 is 1.05 bits per heavy atom. The maximum Gasteiger partial charge on any atom is 0.253 e. The smallest absolute Gasteiger partial charge is 0.253 e. The van der Waals surface area contributed by atoms with E-state index in [9.17, 15) is 23.1 Å². The molecule has 3 N–H and O–H groups in total. The average molecular weight is 545 g/mol. The van der Waals surface area contributed by atoms with E-state index in [4.69, 9.17) is 11.6 Å². The molecule has 5 rings (SSSR count). The zero-order chi connectivity index (χ0) is 26.3. The Morgan fingerprint density at radius 3 is 2.51 bits per heavy atom. The van der Waals surface area contributed by atoms with Gasteiger partial charge in [-0.2, -0.15) is 4.31 Å². The summed E-state index contributed by atoms with van der Waals surface area (Å²) in [6, 6.07) is 12.2. The Morgan fingerprint density at radius 2 is 1.78 bits per heavy atom. The van der Waals surface area contributed by atoms with Crippen molar-refractivity contribution in [1.82, 2.24) is 9.21 Å². The van der Waals surface area contributed by atoms with Gasteiger partial charge in [-0.3, -0.25) is 14.5 Å². The third-order valence-corrected chi connectivity index (χ3v) is 9.70. The summed E-state index contributed by atoms with van der Waals surface area (Å²) in [6.07, 6.45) is 2.62. The number of rotatable bonds is 8. The molecule has 0 aliphatic carbocycles. The van der Waals surface area contributed by atoms with Crippen molar-refractivity contribution in [3.05, 3.63) is 73.5 Å². The van der Waals surface area contributed by atoms with Crippen LogP contribution in [0.5, 0.6) is 5.75 Å². The van der Waals surface area contributed by atoms with E-state index >= 15 is 0 Å². The third kappa shape index (κ3) is 4.63. The van der Waals surface area contributed by atoms with Crippen LogP contribution >= 0.6 is 11.6 Å². The van der Waals surface area contributed by atoms with E-state index in [0.717, 1.165) is 24.9 Å². The largest absolute Gasteiger partial charge is 0.504 e. The zero-order valence-electron chi connectivity index (χ0n) is 20.4. The quantitative estimate of drug-likeness (QED) is 0.291. The Balaban J connectivity index is 1.43. The number of anilines is 3. The predicted molar refractivity (Wildman–Crippen MR) is 144 cm³/mol. The number of hydrogen-bond acceptors (Lipinski definition) is 8. The van der Waals surface area contributed by atoms with Gasteiger partial charge >= 0.3 is 0 Å². The lowest BCUT2D eigenvalue weighted by Gasteiger charge is -2.36. The van der Waals surface area contributed by atoms with Crippen LogP contribution in [-0.2, 0) is 10.0 Å². The van der Waals surface area contributed by atoms with Crippen LogP contribution in [0.1, 0.15) is 37.8 Å². The number of aromatic hydroxyl groups is 1. The van der Waals surface area contributed by atoms with Crippen LogP contribution in [0.3, 0.4) is 0 Å². The van der Waals surface area contributed by atoms with Gasteiger partial charge in [0, 0.05) is 25.7 Å². The van der Waals surface area contributed by atoms with Gasteiger partial charge in [0.05, 0.1) is 16.8 Å². The minimum absolute atomic E-state index is 0.0228. The first kappa shape index (κ1) is 25.7. The van der Waals surface area contributed by atoms with Gasteiger partial charge in [-0.05, 0) is 43.5 Å². The molecule has 9 nitrogen and oxygen atoms in total. The fourth-order valence-electron chi connectivity index (χ4n) is 5.27. The number of nitrogens with zero attached hydrogens (tertiary/aromatic N) is 2. The molecule has 37 heavy (non-hydrogen) atoms. The van der Waals surface area contributed by atoms with E-state index in [2.05, 4.69) is 15.5 Å². The number of fused-ring (bicyclic) bond motifs is 1. The summed E-state index contributed by atoms with van der Waals surface area (Å²) in [4.78, 5) is 26.7. The number of benzene rings is 2. The number of phenolic OH excluding ortho intramolecular Hbond substituents is 1. The van der Waals surface area contributed by atoms with Crippen molar-refractivity contribution in [2.75, 3.05) is 36.8 Å². The monoisotopic (exact) mass is 544 g/mol. The third-order valence-electron chi connectivity index (χ3n) is 7.33. The molecule has 2 saturated heterocycles. The molecule has 2 fully saturated rings. The number of hydrogen-bond donors (Lipinski definition) is 3. The van der Waals surface area contributed by atoms with Gasteiger partial charge in [0.2, 0.25) is 10.0 Å². The summed E-state index contributed by atoms with van der Waals surface area (Å²) in [5.74, 6) is -0.588. The van der Waals surface area contributed by atoms with Gasteiger partial charge in [-0.1, -0.05) is 48.9 Å². The normalized spacial score (nSPS) is 19.6. The van der Waals surface area contributed by atoms with Crippen LogP contribution < -0.4 is 21.5 Å². The highest BCUT2D eigenvalue weighted by Crippen LogP contribution is 2.41. The number of piperazine rings is 1. The molecule has 11 heteroatoms. The van der Waals surface area contributed by atoms with Crippen LogP contribution in [0.2, 0.25) is 5.02 Å². The molecule has 0 bridgehead atoms. The first-order valence-corrected chi connectivity index (χ1v) is 14.2. The van der Waals surface area contributed by atoms with Gasteiger partial charge in [0.1, 0.15) is 16.3 Å². The highest BCUT2D eigenvalue weighted by molar-refractivity contribution is 7.89. The second-order valence-corrected chi connectivity index (χ2v) is 11.8. The van der Waals surface area contributed by atoms with Gasteiger partial charge in [-0.15, -0.1) is 0 Å². The van der Waals surface area contributed by atoms with Crippen molar-refractivity contribution in [1.29, 1.82) is 0 Å². The van der Waals surface area contributed by atoms with Gasteiger partial charge in [0.25, 0.3) is 10.9 Å². The minimum Gasteiger partial charge on any atom is -0.504 e. The highest BCUT2D eigenvalue weighted by atomic mass is 35.5. The number of nitrogens with one attached hydrogen (secondary N) is 2. The van der Waals surface area contributed by atoms with Crippen molar-refractivity contribution in [3.63, 3.8) is 0 Å². The Kier molecular flexibility index (Phi) is 7.01. The fourth-order valence-corrected chi connectivity index (χ4v) is 7.33. The molecule has 2 atom stereocenters. The maximum absolute atomic E-state index is 13.6. The molecule has 196 valence electrons. The summed E-state index contributed by atoms with van der Waals surface area (Å²) in [5.41, 5.74) is -0.426. The first-order chi connectivity index (χ1) is 17.7. The predicted octanol–water partition coefficient (Wildman–Crippen LogP) is 3.42. The van der Waals surface area contributed by atoms with Crippen LogP contribution in [-0.4, -0.2) is 55.0 Å². The van der Waals surface area contributed by atoms with Crippen molar-refractivity contribution < 1.29 is 13.5 Å². The Bertz CT molecular complexity index is 1490. The maximum atomic E-state index is 13.6. The van der Waals surface area contributed by atoms with Crippen LogP contribution in [0.15, 0.2) is 56.9 Å². The first-order valence-electron chi connectivity index (χ1n) is 12.4. The number of sulfonamides is 1. The van der Waals surface area contributed by atoms with E-state index < -0.39 is 31.5 Å². The van der Waals surface area contributed by atoms with Crippen molar-refractivity contribution >= 4 is 38.7 Å². The second kappa shape index (κ2) is 10.1. The van der Waals surface area contributed by atoms with E-state index in [1.54, 1.807) is 0 Å². The van der Waals surface area contributed by atoms with Gasteiger partial charge in [-0.25, -0.2) is 8.42 Å². The molecule has 0 saturated carbocycles. The second-order valence-electron chi connectivity index (χ2n) is 9.52. The Hall–Kier alpha value is -2.92. The molecule has 2 aliphatic rings. The lowest BCUT2D eigenvalue weighted by molar-refractivity contribution is 0.158. The summed E-state index contributed by atoms with van der Waals surface area (Å²) >= 11 is 6.29. The SMILES string of the molecule is CCC(Nc1c(Nc2ccc(Cl)c(S(=O)(=O)N3CCN4CCCC4C3)c2O)c(=O)c1=O)c1ccccc1. The summed E-state index contributed by atoms with van der Waals surface area (Å²) in [7, 11) is -4.10. The highest BCUT2D eigenvalue weighted by Gasteiger charge is 2.39. The van der Waals surface area contributed by atoms with Crippen LogP contribution in [0, 0.1) is 0 Å². The molecule has 3 aromatic rings. The van der Waals surface area contributed by atoms with Crippen LogP contribution in [0.4, 0.5) is 17.1 Å². The molecular weight excluding hydrogens is 516 g/mol. The molecule has 2 unspecified atom stereocenters. The average Bonchev–Trinajstić information content (AvgIpc) is 3.38. The van der Waals surface area contributed by atoms with E-state index in [-0.39, 0.29) is 34.2 Å². The molecule has 2 aliphatic heterocycles. The minimum atomic E-state index is -4.10. The van der Waals surface area contributed by atoms with Crippen LogP contribution in [0.25, 0.3) is 0 Å². The van der Waals surface area contributed by atoms with Gasteiger partial charge < -0.3 is 15.7 Å². The van der Waals surface area contributed by atoms with Crippen molar-refractivity contribution in [3.8, 4) is 5.75 Å². The standard InChI is InChI=1S/C26H29ClN4O5S/c1-2-19(16-7-4-3-5-8-16)28-21-22(25(34)24(21)33)29-20-11-10-18(27)26(23(20)32)37(35,36)31-14-13-30-12-6-9-17(30)15-31/h3-5,7-8,10-11,17,19,28-29,32H,2,6,9,12-15H2,1H3. The van der Waals surface area contributed by atoms with Crippen molar-refractivity contribution in [2.45, 2.75) is 43.2 Å². The molecular formula is C26H29ClN4O5S. The topological polar surface area (TPSA) is 119 Å². The molecule has 0 radical (unpaired) electrons. The molecule has 3 aromatic carbocycles. The van der Waals surface area contributed by atoms with E-state index in [1.807, 2.05) is 37.3 Å². The fraction of sp³-hybridized carbons (Fsp3) is 0.385. The number of phenols is 1. The van der Waals surface area contributed by atoms with E-state index in [1.165, 1.54) is 16.4 Å². The van der Waals surface area contributed by atoms with Crippen molar-refractivity contribution in [2.24, 2.45) is 0 Å². The molecule has 2 heterocycles. The number of halogens is 1. The molecule has 0 amide bonds.